The van der Waals surface area contributed by atoms with Gasteiger partial charge in [-0.05, 0) is 131 Å². The second kappa shape index (κ2) is 17.2. The number of carbonyl (C=O) groups is 2. The van der Waals surface area contributed by atoms with Crippen molar-refractivity contribution in [2.24, 2.45) is 0 Å². The summed E-state index contributed by atoms with van der Waals surface area (Å²) in [6.45, 7) is 12.2. The van der Waals surface area contributed by atoms with E-state index in [1.54, 1.807) is 42.6 Å². The summed E-state index contributed by atoms with van der Waals surface area (Å²) in [6, 6.07) is 13.4. The van der Waals surface area contributed by atoms with Crippen LogP contribution in [0.15, 0.2) is 77.0 Å². The maximum absolute atomic E-state index is 13.4. The van der Waals surface area contributed by atoms with Crippen molar-refractivity contribution in [2.75, 3.05) is 12.3 Å². The van der Waals surface area contributed by atoms with Crippen molar-refractivity contribution in [1.82, 2.24) is 24.8 Å². The number of hydroxylamine groups is 2. The Balaban J connectivity index is 1.32. The molecule has 0 aliphatic carbocycles. The number of piperidine rings is 1. The number of nitrogens with one attached hydrogen (secondary N) is 1. The Morgan fingerprint density at radius 2 is 1.61 bits per heavy atom. The molecule has 12 nitrogen and oxygen atoms in total. The minimum absolute atomic E-state index is 0.0208. The van der Waals surface area contributed by atoms with Crippen LogP contribution in [0, 0.1) is 5.21 Å². The Labute approximate surface area is 322 Å². The Morgan fingerprint density at radius 1 is 0.981 bits per heavy atom. The number of hydrogen-bond donors (Lipinski definition) is 1. The van der Waals surface area contributed by atoms with Gasteiger partial charge in [0, 0.05) is 59.5 Å². The van der Waals surface area contributed by atoms with Gasteiger partial charge < -0.3 is 29.6 Å². The monoisotopic (exact) mass is 781 g/mol. The van der Waals surface area contributed by atoms with Gasteiger partial charge in [-0.15, -0.1) is 0 Å². The average Bonchev–Trinajstić information content (AvgIpc) is 3.80. The summed E-state index contributed by atoms with van der Waals surface area (Å²) in [4.78, 5) is 32.7. The van der Waals surface area contributed by atoms with Gasteiger partial charge in [-0.2, -0.15) is 0 Å². The zero-order valence-corrected chi connectivity index (χ0v) is 33.9. The number of hydrogen-bond acceptors (Lipinski definition) is 9. The summed E-state index contributed by atoms with van der Waals surface area (Å²) < 4.78 is 52.2. The molecule has 3 heterocycles. The highest BCUT2D eigenvalue weighted by Crippen LogP contribution is 2.39. The van der Waals surface area contributed by atoms with E-state index in [9.17, 15) is 32.0 Å². The topological polar surface area (TPSA) is 168 Å². The molecular weight excluding hydrogens is 727 g/mol. The maximum atomic E-state index is 13.4. The van der Waals surface area contributed by atoms with E-state index >= 15 is 0 Å². The molecule has 2 saturated heterocycles. The predicted molar refractivity (Wildman–Crippen MR) is 208 cm³/mol. The SMILES string of the molecule is CCC(CC(CC(CC(C)c1ccc(S(=O)(=O)CC(=O)NC2CC(C)(C)N([O-])C(C)(C)C2)cc1)c1ccc(S(=O)[O-])cc1)N1CCCC1=O)n1ccnc1. The first-order chi connectivity index (χ1) is 25.4. The number of likely N-dealkylation sites (tertiary alicyclic amines) is 1. The highest BCUT2D eigenvalue weighted by Gasteiger charge is 2.41. The predicted octanol–water partition coefficient (Wildman–Crippen LogP) is 6.23. The molecule has 5 rings (SSSR count). The molecule has 2 aromatic carbocycles. The summed E-state index contributed by atoms with van der Waals surface area (Å²) in [6.07, 6.45) is 10.7. The van der Waals surface area contributed by atoms with Gasteiger partial charge in [-0.25, -0.2) is 13.4 Å². The third-order valence-electron chi connectivity index (χ3n) is 11.3. The van der Waals surface area contributed by atoms with E-state index in [1.807, 2.05) is 57.3 Å². The van der Waals surface area contributed by atoms with E-state index in [0.717, 1.165) is 35.5 Å². The third-order valence-corrected chi connectivity index (χ3v) is 13.6. The van der Waals surface area contributed by atoms with Crippen LogP contribution in [0.5, 0.6) is 0 Å². The van der Waals surface area contributed by atoms with E-state index in [4.69, 9.17) is 0 Å². The Morgan fingerprint density at radius 3 is 2.15 bits per heavy atom. The lowest BCUT2D eigenvalue weighted by Crippen LogP contribution is -2.62. The first-order valence-corrected chi connectivity index (χ1v) is 21.7. The quantitative estimate of drug-likeness (QED) is 0.166. The summed E-state index contributed by atoms with van der Waals surface area (Å²) in [5, 5.41) is 16.7. The lowest BCUT2D eigenvalue weighted by Gasteiger charge is -2.60. The van der Waals surface area contributed by atoms with Crippen LogP contribution in [0.1, 0.15) is 122 Å². The average molecular weight is 782 g/mol. The summed E-state index contributed by atoms with van der Waals surface area (Å²) in [5.74, 6) is -1.20. The molecule has 5 unspecified atom stereocenters. The van der Waals surface area contributed by atoms with Crippen LogP contribution in [0.3, 0.4) is 0 Å². The summed E-state index contributed by atoms with van der Waals surface area (Å²) >= 11 is -2.36. The molecule has 1 aromatic heterocycles. The Kier molecular flexibility index (Phi) is 13.3. The van der Waals surface area contributed by atoms with Crippen molar-refractivity contribution in [1.29, 1.82) is 0 Å². The van der Waals surface area contributed by atoms with E-state index in [0.29, 0.717) is 38.6 Å². The smallest absolute Gasteiger partial charge is 0.235 e. The number of sulfone groups is 1. The first kappa shape index (κ1) is 41.7. The number of imidazole rings is 1. The van der Waals surface area contributed by atoms with Crippen molar-refractivity contribution < 1.29 is 26.8 Å². The number of nitrogens with zero attached hydrogens (tertiary/aromatic N) is 4. The molecule has 0 bridgehead atoms. The van der Waals surface area contributed by atoms with Crippen molar-refractivity contribution in [3.8, 4) is 0 Å². The highest BCUT2D eigenvalue weighted by atomic mass is 32.2. The van der Waals surface area contributed by atoms with Crippen molar-refractivity contribution >= 4 is 32.7 Å². The lowest BCUT2D eigenvalue weighted by molar-refractivity contribution is -0.130. The van der Waals surface area contributed by atoms with Gasteiger partial charge >= 0.3 is 0 Å². The van der Waals surface area contributed by atoms with Crippen molar-refractivity contribution in [2.45, 2.75) is 144 Å². The maximum Gasteiger partial charge on any atom is 0.235 e. The molecule has 14 heteroatoms. The van der Waals surface area contributed by atoms with Crippen LogP contribution >= 0.6 is 0 Å². The van der Waals surface area contributed by atoms with Gasteiger partial charge in [0.1, 0.15) is 5.75 Å². The Bertz CT molecular complexity index is 1850. The van der Waals surface area contributed by atoms with E-state index in [2.05, 4.69) is 28.7 Å². The van der Waals surface area contributed by atoms with Crippen LogP contribution in [0.25, 0.3) is 0 Å². The van der Waals surface area contributed by atoms with E-state index in [-0.39, 0.29) is 45.7 Å². The standard InChI is InChI=1S/C40H56N5O7S2/c1-7-33(43-20-18-41-27-43)23-34(44-19-8-9-38(44)47)22-31(30-10-14-35(15-11-30)53(49)50)21-28(2)29-12-16-36(17-13-29)54(51,52)26-37(46)42-32-24-39(3,4)45(48)40(5,6)25-32/h10-18,20,27-28,31-34H,7-9,19,21-26H2,1-6H3,(H,42,46)(H,49,50)/q-1/p-1. The van der Waals surface area contributed by atoms with Crippen molar-refractivity contribution in [3.63, 3.8) is 0 Å². The van der Waals surface area contributed by atoms with E-state index in [1.165, 1.54) is 0 Å². The molecule has 1 N–H and O–H groups in total. The molecule has 3 aromatic rings. The van der Waals surface area contributed by atoms with Crippen LogP contribution in [0.2, 0.25) is 0 Å². The molecule has 0 radical (unpaired) electrons. The fourth-order valence-corrected chi connectivity index (χ4v) is 10.2. The first-order valence-electron chi connectivity index (χ1n) is 19.0. The molecule has 2 aliphatic rings. The lowest BCUT2D eigenvalue weighted by atomic mass is 9.79. The normalized spacial score (nSPS) is 20.7. The van der Waals surface area contributed by atoms with Crippen LogP contribution in [0.4, 0.5) is 0 Å². The largest absolute Gasteiger partial charge is 0.784 e. The second-order valence-electron chi connectivity index (χ2n) is 16.4. The molecule has 2 aliphatic heterocycles. The van der Waals surface area contributed by atoms with E-state index < -0.39 is 43.7 Å². The Hall–Kier alpha value is -3.43. The number of amides is 2. The fourth-order valence-electron chi connectivity index (χ4n) is 8.71. The van der Waals surface area contributed by atoms with Gasteiger partial charge in [-0.3, -0.25) is 13.8 Å². The van der Waals surface area contributed by atoms with Gasteiger partial charge in [0.05, 0.1) is 11.2 Å². The zero-order valence-electron chi connectivity index (χ0n) is 32.3. The van der Waals surface area contributed by atoms with Gasteiger partial charge in [-0.1, -0.05) is 38.1 Å². The number of aromatic nitrogens is 2. The van der Waals surface area contributed by atoms with Crippen LogP contribution in [-0.4, -0.2) is 84.0 Å². The van der Waals surface area contributed by atoms with Crippen molar-refractivity contribution in [3.05, 3.63) is 83.6 Å². The molecule has 0 saturated carbocycles. The van der Waals surface area contributed by atoms with Gasteiger partial charge in [0.25, 0.3) is 0 Å². The van der Waals surface area contributed by atoms with Crippen LogP contribution in [-0.2, 0) is 30.5 Å². The third kappa shape index (κ3) is 10.1. The minimum atomic E-state index is -3.94. The minimum Gasteiger partial charge on any atom is -0.784 e. The van der Waals surface area contributed by atoms with Gasteiger partial charge in [0.2, 0.25) is 11.8 Å². The molecule has 5 atom stereocenters. The molecule has 2 amide bonds. The summed E-state index contributed by atoms with van der Waals surface area (Å²) in [7, 11) is -3.94. The molecule has 0 spiro atoms. The highest BCUT2D eigenvalue weighted by molar-refractivity contribution is 7.92. The molecular formula is C40H55N5O7S2-2. The fraction of sp³-hybridized carbons (Fsp3) is 0.575. The van der Waals surface area contributed by atoms with Gasteiger partial charge in [0.15, 0.2) is 9.84 Å². The second-order valence-corrected chi connectivity index (χ2v) is 19.4. The number of benzene rings is 2. The molecule has 2 fully saturated rings. The zero-order chi connectivity index (χ0) is 39.4. The number of rotatable bonds is 16. The molecule has 296 valence electrons. The van der Waals surface area contributed by atoms with Crippen LogP contribution < -0.4 is 5.32 Å². The number of carbonyl (C=O) groups excluding carboxylic acids is 2. The molecule has 54 heavy (non-hydrogen) atoms. The summed E-state index contributed by atoms with van der Waals surface area (Å²) in [5.41, 5.74) is 0.500.